The predicted octanol–water partition coefficient (Wildman–Crippen LogP) is 3.56. The summed E-state index contributed by atoms with van der Waals surface area (Å²) in [5.41, 5.74) is 0.772. The van der Waals surface area contributed by atoms with Crippen LogP contribution in [0.25, 0.3) is 5.69 Å². The maximum atomic E-state index is 12.4. The van der Waals surface area contributed by atoms with Crippen LogP contribution in [-0.2, 0) is 4.79 Å². The van der Waals surface area contributed by atoms with Crippen molar-refractivity contribution < 1.29 is 9.53 Å². The SMILES string of the molecule is CCCCC1CCC(C(=O)Oc2cccc(-n3cnnn3)c2)CC1. The summed E-state index contributed by atoms with van der Waals surface area (Å²) in [7, 11) is 0. The van der Waals surface area contributed by atoms with Gasteiger partial charge in [-0.1, -0.05) is 32.3 Å². The zero-order valence-electron chi connectivity index (χ0n) is 14.1. The number of benzene rings is 1. The molecule has 0 aliphatic heterocycles. The highest BCUT2D eigenvalue weighted by Crippen LogP contribution is 2.33. The van der Waals surface area contributed by atoms with Crippen LogP contribution in [0.15, 0.2) is 30.6 Å². The van der Waals surface area contributed by atoms with Crippen LogP contribution in [0, 0.1) is 11.8 Å². The van der Waals surface area contributed by atoms with Gasteiger partial charge in [-0.05, 0) is 54.2 Å². The van der Waals surface area contributed by atoms with Gasteiger partial charge in [0.2, 0.25) is 0 Å². The van der Waals surface area contributed by atoms with E-state index in [0.29, 0.717) is 5.75 Å². The van der Waals surface area contributed by atoms with Gasteiger partial charge in [-0.25, -0.2) is 4.68 Å². The minimum Gasteiger partial charge on any atom is -0.426 e. The van der Waals surface area contributed by atoms with E-state index in [0.717, 1.165) is 37.3 Å². The summed E-state index contributed by atoms with van der Waals surface area (Å²) >= 11 is 0. The number of carbonyl (C=O) groups is 1. The Morgan fingerprint density at radius 1 is 1.29 bits per heavy atom. The number of aromatic nitrogens is 4. The highest BCUT2D eigenvalue weighted by molar-refractivity contribution is 5.75. The van der Waals surface area contributed by atoms with E-state index in [1.54, 1.807) is 12.1 Å². The number of unbranched alkanes of at least 4 members (excludes halogenated alkanes) is 1. The maximum Gasteiger partial charge on any atom is 0.314 e. The fourth-order valence-corrected chi connectivity index (χ4v) is 3.35. The van der Waals surface area contributed by atoms with Gasteiger partial charge < -0.3 is 4.74 Å². The van der Waals surface area contributed by atoms with E-state index < -0.39 is 0 Å². The summed E-state index contributed by atoms with van der Waals surface area (Å²) in [4.78, 5) is 12.4. The molecule has 0 bridgehead atoms. The normalized spacial score (nSPS) is 20.7. The van der Waals surface area contributed by atoms with Crippen LogP contribution in [0.5, 0.6) is 5.75 Å². The first-order chi connectivity index (χ1) is 11.8. The summed E-state index contributed by atoms with van der Waals surface area (Å²) in [6, 6.07) is 7.27. The van der Waals surface area contributed by atoms with E-state index in [9.17, 15) is 4.79 Å². The van der Waals surface area contributed by atoms with Crippen molar-refractivity contribution in [1.82, 2.24) is 20.2 Å². The van der Waals surface area contributed by atoms with Crippen LogP contribution < -0.4 is 4.74 Å². The smallest absolute Gasteiger partial charge is 0.314 e. The van der Waals surface area contributed by atoms with E-state index in [1.165, 1.54) is 30.3 Å². The van der Waals surface area contributed by atoms with E-state index in [4.69, 9.17) is 4.74 Å². The third kappa shape index (κ3) is 4.19. The minimum atomic E-state index is -0.113. The van der Waals surface area contributed by atoms with Crippen molar-refractivity contribution in [2.45, 2.75) is 51.9 Å². The molecule has 1 aromatic carbocycles. The lowest BCUT2D eigenvalue weighted by Crippen LogP contribution is -2.25. The number of carbonyl (C=O) groups excluding carboxylic acids is 1. The van der Waals surface area contributed by atoms with E-state index in [1.807, 2.05) is 12.1 Å². The van der Waals surface area contributed by atoms with E-state index >= 15 is 0 Å². The quantitative estimate of drug-likeness (QED) is 0.599. The van der Waals surface area contributed by atoms with Crippen molar-refractivity contribution in [1.29, 1.82) is 0 Å². The van der Waals surface area contributed by atoms with E-state index in [-0.39, 0.29) is 11.9 Å². The van der Waals surface area contributed by atoms with Crippen LogP contribution in [-0.4, -0.2) is 26.2 Å². The Hall–Kier alpha value is -2.24. The average Bonchev–Trinajstić information content (AvgIpc) is 3.15. The fourth-order valence-electron chi connectivity index (χ4n) is 3.35. The lowest BCUT2D eigenvalue weighted by molar-refractivity contribution is -0.140. The Balaban J connectivity index is 1.55. The van der Waals surface area contributed by atoms with Gasteiger partial charge in [0.15, 0.2) is 0 Å². The van der Waals surface area contributed by atoms with Gasteiger partial charge in [0.1, 0.15) is 12.1 Å². The molecule has 0 saturated heterocycles. The highest BCUT2D eigenvalue weighted by atomic mass is 16.5. The molecule has 1 aromatic heterocycles. The molecule has 128 valence electrons. The summed E-state index contributed by atoms with van der Waals surface area (Å²) in [6.07, 6.45) is 9.53. The summed E-state index contributed by atoms with van der Waals surface area (Å²) in [5, 5.41) is 11.1. The van der Waals surface area contributed by atoms with Crippen molar-refractivity contribution in [3.63, 3.8) is 0 Å². The van der Waals surface area contributed by atoms with Crippen molar-refractivity contribution in [3.05, 3.63) is 30.6 Å². The predicted molar refractivity (Wildman–Crippen MR) is 89.8 cm³/mol. The van der Waals surface area contributed by atoms with E-state index in [2.05, 4.69) is 22.4 Å². The Bertz CT molecular complexity index is 649. The van der Waals surface area contributed by atoms with Gasteiger partial charge in [0.25, 0.3) is 0 Å². The number of hydrogen-bond acceptors (Lipinski definition) is 5. The molecule has 1 aliphatic carbocycles. The lowest BCUT2D eigenvalue weighted by atomic mass is 9.80. The highest BCUT2D eigenvalue weighted by Gasteiger charge is 2.27. The molecule has 24 heavy (non-hydrogen) atoms. The van der Waals surface area contributed by atoms with Gasteiger partial charge in [0, 0.05) is 6.07 Å². The molecule has 1 aliphatic rings. The van der Waals surface area contributed by atoms with Gasteiger partial charge in [-0.15, -0.1) is 5.10 Å². The monoisotopic (exact) mass is 328 g/mol. The number of ether oxygens (including phenoxy) is 1. The second-order valence-corrected chi connectivity index (χ2v) is 6.53. The summed E-state index contributed by atoms with van der Waals surface area (Å²) in [5.74, 6) is 1.25. The number of hydrogen-bond donors (Lipinski definition) is 0. The van der Waals surface area contributed by atoms with Gasteiger partial charge >= 0.3 is 5.97 Å². The van der Waals surface area contributed by atoms with Gasteiger partial charge in [0.05, 0.1) is 11.6 Å². The minimum absolute atomic E-state index is 0.0274. The molecule has 2 aromatic rings. The Kier molecular flexibility index (Phi) is 5.56. The van der Waals surface area contributed by atoms with Crippen molar-refractivity contribution in [2.24, 2.45) is 11.8 Å². The number of nitrogens with zero attached hydrogens (tertiary/aromatic N) is 4. The van der Waals surface area contributed by atoms with Crippen molar-refractivity contribution >= 4 is 5.97 Å². The molecule has 0 atom stereocenters. The first-order valence-electron chi connectivity index (χ1n) is 8.81. The number of tetrazole rings is 1. The second-order valence-electron chi connectivity index (χ2n) is 6.53. The Morgan fingerprint density at radius 3 is 2.83 bits per heavy atom. The summed E-state index contributed by atoms with van der Waals surface area (Å²) < 4.78 is 7.13. The van der Waals surface area contributed by atoms with Crippen LogP contribution in [0.3, 0.4) is 0 Å². The zero-order valence-corrected chi connectivity index (χ0v) is 14.1. The number of rotatable bonds is 6. The molecule has 1 heterocycles. The molecule has 0 radical (unpaired) electrons. The van der Waals surface area contributed by atoms with Crippen LogP contribution in [0.1, 0.15) is 51.9 Å². The summed E-state index contributed by atoms with van der Waals surface area (Å²) in [6.45, 7) is 2.23. The zero-order chi connectivity index (χ0) is 16.8. The fraction of sp³-hybridized carbons (Fsp3) is 0.556. The Labute approximate surface area is 142 Å². The molecule has 6 heteroatoms. The third-order valence-electron chi connectivity index (χ3n) is 4.80. The van der Waals surface area contributed by atoms with Crippen molar-refractivity contribution in [2.75, 3.05) is 0 Å². The molecular formula is C18H24N4O2. The molecule has 0 N–H and O–H groups in total. The topological polar surface area (TPSA) is 69.9 Å². The van der Waals surface area contributed by atoms with Gasteiger partial charge in [-0.2, -0.15) is 0 Å². The largest absolute Gasteiger partial charge is 0.426 e. The molecule has 1 fully saturated rings. The molecule has 3 rings (SSSR count). The lowest BCUT2D eigenvalue weighted by Gasteiger charge is -2.27. The third-order valence-corrected chi connectivity index (χ3v) is 4.80. The van der Waals surface area contributed by atoms with Crippen LogP contribution in [0.2, 0.25) is 0 Å². The first kappa shape index (κ1) is 16.6. The Morgan fingerprint density at radius 2 is 2.12 bits per heavy atom. The molecule has 0 unspecified atom stereocenters. The van der Waals surface area contributed by atoms with Crippen molar-refractivity contribution in [3.8, 4) is 11.4 Å². The average molecular weight is 328 g/mol. The second kappa shape index (κ2) is 8.04. The molecule has 0 amide bonds. The molecule has 1 saturated carbocycles. The number of esters is 1. The van der Waals surface area contributed by atoms with Gasteiger partial charge in [-0.3, -0.25) is 4.79 Å². The molecular weight excluding hydrogens is 304 g/mol. The maximum absolute atomic E-state index is 12.4. The molecule has 6 nitrogen and oxygen atoms in total. The van der Waals surface area contributed by atoms with Crippen LogP contribution in [0.4, 0.5) is 0 Å². The standard InChI is InChI=1S/C18H24N4O2/c1-2-3-5-14-8-10-15(11-9-14)18(23)24-17-7-4-6-16(12-17)22-13-19-20-21-22/h4,6-7,12-15H,2-3,5,8-11H2,1H3. The molecule has 0 spiro atoms. The van der Waals surface area contributed by atoms with Crippen LogP contribution >= 0.6 is 0 Å². The first-order valence-corrected chi connectivity index (χ1v) is 8.81.